The number of hydrogen-bond donors (Lipinski definition) is 2. The van der Waals surface area contributed by atoms with Crippen LogP contribution in [0.15, 0.2) is 24.3 Å². The van der Waals surface area contributed by atoms with Crippen molar-refractivity contribution >= 4 is 5.78 Å². The second-order valence-corrected chi connectivity index (χ2v) is 18.3. The van der Waals surface area contributed by atoms with Crippen molar-refractivity contribution < 1.29 is 47.8 Å². The Kier molecular flexibility index (Phi) is 9.62. The summed E-state index contributed by atoms with van der Waals surface area (Å²) in [7, 11) is 0. The molecule has 0 aromatic rings. The molecule has 1 spiro atoms. The molecule has 10 aliphatic rings. The third-order valence-corrected chi connectivity index (χ3v) is 14.6. The highest BCUT2D eigenvalue weighted by Gasteiger charge is 2.73. The van der Waals surface area contributed by atoms with Crippen molar-refractivity contribution in [3.8, 4) is 0 Å². The first kappa shape index (κ1) is 36.4. The van der Waals surface area contributed by atoms with E-state index in [0.29, 0.717) is 44.4 Å². The van der Waals surface area contributed by atoms with Crippen molar-refractivity contribution in [3.05, 3.63) is 24.3 Å². The number of carbonyl (C=O) groups excluding carboxylic acids is 1. The molecule has 0 aliphatic carbocycles. The van der Waals surface area contributed by atoms with Crippen LogP contribution in [0, 0.1) is 17.8 Å². The van der Waals surface area contributed by atoms with Crippen molar-refractivity contribution in [2.45, 2.75) is 201 Å². The fourth-order valence-corrected chi connectivity index (χ4v) is 11.7. The third-order valence-electron chi connectivity index (χ3n) is 14.6. The van der Waals surface area contributed by atoms with E-state index in [1.54, 1.807) is 0 Å². The van der Waals surface area contributed by atoms with Gasteiger partial charge < -0.3 is 48.7 Å². The van der Waals surface area contributed by atoms with Crippen LogP contribution in [0.2, 0.25) is 0 Å². The number of aliphatic hydroxyl groups excluding tert-OH is 1. The predicted molar refractivity (Wildman–Crippen MR) is 189 cm³/mol. The molecule has 0 radical (unpaired) electrons. The van der Waals surface area contributed by atoms with E-state index in [1.807, 2.05) is 0 Å². The van der Waals surface area contributed by atoms with Gasteiger partial charge in [-0.05, 0) is 80.8 Å². The highest BCUT2D eigenvalue weighted by Crippen LogP contribution is 2.58. The minimum atomic E-state index is -0.803. The van der Waals surface area contributed by atoms with Crippen molar-refractivity contribution in [1.29, 1.82) is 0 Å². The van der Waals surface area contributed by atoms with Gasteiger partial charge in [-0.15, -0.1) is 0 Å². The summed E-state index contributed by atoms with van der Waals surface area (Å²) in [5.74, 6) is -0.272. The molecule has 290 valence electrons. The molecule has 52 heavy (non-hydrogen) atoms. The zero-order chi connectivity index (χ0) is 36.1. The number of Topliss-reactive ketones (excluding diaryl/α,β-unsaturated/α-hetero) is 1. The van der Waals surface area contributed by atoms with Crippen molar-refractivity contribution in [3.63, 3.8) is 0 Å². The molecule has 0 aromatic heterocycles. The molecule has 0 amide bonds. The van der Waals surface area contributed by atoms with Gasteiger partial charge in [-0.1, -0.05) is 27.0 Å². The molecule has 10 aliphatic heterocycles. The second kappa shape index (κ2) is 13.7. The average molecular weight is 728 g/mol. The molecular weight excluding hydrogens is 666 g/mol. The molecule has 10 rings (SSSR count). The lowest BCUT2D eigenvalue weighted by atomic mass is 9.78. The van der Waals surface area contributed by atoms with Crippen LogP contribution in [-0.2, 0) is 42.7 Å². The van der Waals surface area contributed by atoms with E-state index in [-0.39, 0.29) is 104 Å². The second-order valence-electron chi connectivity index (χ2n) is 18.3. The van der Waals surface area contributed by atoms with Crippen LogP contribution in [0.1, 0.15) is 104 Å². The van der Waals surface area contributed by atoms with Crippen LogP contribution in [0.3, 0.4) is 0 Å². The van der Waals surface area contributed by atoms with Crippen LogP contribution in [-0.4, -0.2) is 114 Å². The number of hydrogen-bond acceptors (Lipinski definition) is 11. The summed E-state index contributed by atoms with van der Waals surface area (Å²) in [5.41, 5.74) is 7.57. The van der Waals surface area contributed by atoms with Gasteiger partial charge in [0.2, 0.25) is 0 Å². The van der Waals surface area contributed by atoms with Crippen LogP contribution >= 0.6 is 0 Å². The largest absolute Gasteiger partial charge is 0.392 e. The SMILES string of the molecule is C=C1C[C@@H]2CC[C@@]34C[C@@]5(C)O[C@H]6[C@@H](O3)[C@H]3OC(CC[C@@H]3O[C@H]6C5O4)CC(=O)C[C@@H]3[C@@H](C)[C@@H](C[C@H](O)CN)O[C@H]3CC3O[C@@H](CCC1O2)C[C@@H](C)C3=C. The van der Waals surface area contributed by atoms with Gasteiger partial charge in [0, 0.05) is 45.1 Å². The lowest BCUT2D eigenvalue weighted by Crippen LogP contribution is -2.61. The first-order valence-corrected chi connectivity index (χ1v) is 20.5. The number of aliphatic hydroxyl groups is 1. The Morgan fingerprint density at radius 3 is 2.40 bits per heavy atom. The number of rotatable bonds is 3. The van der Waals surface area contributed by atoms with Gasteiger partial charge in [-0.3, -0.25) is 4.79 Å². The van der Waals surface area contributed by atoms with E-state index in [0.717, 1.165) is 56.1 Å². The maximum Gasteiger partial charge on any atom is 0.172 e. The molecule has 0 saturated carbocycles. The van der Waals surface area contributed by atoms with Crippen LogP contribution in [0.25, 0.3) is 0 Å². The van der Waals surface area contributed by atoms with E-state index in [9.17, 15) is 9.90 Å². The molecule has 10 saturated heterocycles. The minimum absolute atomic E-state index is 0.00566. The van der Waals surface area contributed by atoms with Crippen molar-refractivity contribution in [1.82, 2.24) is 0 Å². The molecule has 12 bridgehead atoms. The Morgan fingerprint density at radius 2 is 1.58 bits per heavy atom. The van der Waals surface area contributed by atoms with Gasteiger partial charge in [-0.2, -0.15) is 0 Å². The van der Waals surface area contributed by atoms with E-state index < -0.39 is 17.5 Å². The molecule has 0 aromatic carbocycles. The monoisotopic (exact) mass is 727 g/mol. The topological polar surface area (TPSA) is 137 Å². The Balaban J connectivity index is 0.994. The van der Waals surface area contributed by atoms with Crippen LogP contribution < -0.4 is 5.73 Å². The first-order chi connectivity index (χ1) is 24.9. The fourth-order valence-electron chi connectivity index (χ4n) is 11.7. The summed E-state index contributed by atoms with van der Waals surface area (Å²) in [5, 5.41) is 10.5. The number of carbonyl (C=O) groups is 1. The molecule has 10 fully saturated rings. The predicted octanol–water partition coefficient (Wildman–Crippen LogP) is 4.45. The highest BCUT2D eigenvalue weighted by atomic mass is 16.8. The summed E-state index contributed by atoms with van der Waals surface area (Å²) in [6, 6.07) is 0. The van der Waals surface area contributed by atoms with Gasteiger partial charge in [0.1, 0.15) is 41.9 Å². The zero-order valence-corrected chi connectivity index (χ0v) is 31.3. The van der Waals surface area contributed by atoms with Crippen LogP contribution in [0.4, 0.5) is 0 Å². The Bertz CT molecular complexity index is 1410. The summed E-state index contributed by atoms with van der Waals surface area (Å²) >= 11 is 0. The molecule has 11 heteroatoms. The molecular formula is C41H61NO10. The number of fused-ring (bicyclic) bond motifs is 6. The molecule has 10 heterocycles. The zero-order valence-electron chi connectivity index (χ0n) is 31.3. The van der Waals surface area contributed by atoms with Gasteiger partial charge in [0.05, 0.1) is 54.9 Å². The molecule has 3 N–H and O–H groups in total. The molecule has 4 unspecified atom stereocenters. The van der Waals surface area contributed by atoms with Gasteiger partial charge in [0.25, 0.3) is 0 Å². The first-order valence-electron chi connectivity index (χ1n) is 20.5. The standard InChI is InChI=1S/C41H61NO10/c1-20-12-26-6-8-30-21(2)13-28(45-30)10-11-41-19-40(5)39(52-41)38-37(50-40)36(51-41)35-31(49-38)9-7-27(47-35)14-24(43)15-29-23(4)32(16-25(44)18-42)48-34(29)17-33(46-26)22(20)3/h20,23,25-39,44H,2-3,6-19,42H2,1,4-5H3/t20-,23-,25+,26+,27?,28+,29-,30?,31+,32-,33?,34+,35+,36+,37+,38-,39?,40-,41-/m1/s1. The molecule has 19 atom stereocenters. The third kappa shape index (κ3) is 6.40. The van der Waals surface area contributed by atoms with E-state index in [1.165, 1.54) is 0 Å². The summed E-state index contributed by atoms with van der Waals surface area (Å²) in [4.78, 5) is 14.0. The average Bonchev–Trinajstić information content (AvgIpc) is 3.73. The normalized spacial score (nSPS) is 53.8. The van der Waals surface area contributed by atoms with Crippen LogP contribution in [0.5, 0.6) is 0 Å². The lowest BCUT2D eigenvalue weighted by Gasteiger charge is -2.47. The van der Waals surface area contributed by atoms with Crippen molar-refractivity contribution in [2.24, 2.45) is 23.5 Å². The highest BCUT2D eigenvalue weighted by molar-refractivity contribution is 5.79. The van der Waals surface area contributed by atoms with Gasteiger partial charge in [0.15, 0.2) is 5.79 Å². The molecule has 11 nitrogen and oxygen atoms in total. The quantitative estimate of drug-likeness (QED) is 0.399. The summed E-state index contributed by atoms with van der Waals surface area (Å²) < 4.78 is 54.5. The number of ketones is 1. The fraction of sp³-hybridized carbons (Fsp3) is 0.878. The van der Waals surface area contributed by atoms with E-state index in [2.05, 4.69) is 33.9 Å². The van der Waals surface area contributed by atoms with E-state index >= 15 is 0 Å². The maximum atomic E-state index is 14.0. The smallest absolute Gasteiger partial charge is 0.172 e. The van der Waals surface area contributed by atoms with Crippen molar-refractivity contribution in [2.75, 3.05) is 6.54 Å². The summed E-state index contributed by atoms with van der Waals surface area (Å²) in [6.45, 7) is 15.6. The summed E-state index contributed by atoms with van der Waals surface area (Å²) in [6.07, 6.45) is 6.17. The van der Waals surface area contributed by atoms with Gasteiger partial charge in [-0.25, -0.2) is 0 Å². The lowest BCUT2D eigenvalue weighted by molar-refractivity contribution is -0.294. The number of nitrogens with two attached hydrogens (primary N) is 1. The Labute approximate surface area is 308 Å². The van der Waals surface area contributed by atoms with E-state index in [4.69, 9.17) is 43.6 Å². The minimum Gasteiger partial charge on any atom is -0.392 e. The Hall–Kier alpha value is -1.25. The maximum absolute atomic E-state index is 14.0. The number of ether oxygens (including phenoxy) is 8. The Morgan fingerprint density at radius 1 is 0.808 bits per heavy atom. The van der Waals surface area contributed by atoms with Gasteiger partial charge >= 0.3 is 0 Å².